The molecular formula is C4H5FO3S. The lowest BCUT2D eigenvalue weighted by atomic mass is 10.9. The van der Waals surface area contributed by atoms with Crippen LogP contribution in [-0.2, 0) is 15.0 Å². The Morgan fingerprint density at radius 2 is 2.22 bits per heavy atom. The van der Waals surface area contributed by atoms with Crippen molar-refractivity contribution in [1.29, 1.82) is 0 Å². The molecule has 0 saturated carbocycles. The predicted molar refractivity (Wildman–Crippen MR) is 30.9 cm³/mol. The fraction of sp³-hybridized carbons (Fsp3) is 0.250. The molecule has 0 atom stereocenters. The molecule has 0 aromatic rings. The molecule has 0 aliphatic heterocycles. The van der Waals surface area contributed by atoms with Gasteiger partial charge in [0.25, 0.3) is 10.3 Å². The van der Waals surface area contributed by atoms with Crippen LogP contribution < -0.4 is 0 Å². The summed E-state index contributed by atoms with van der Waals surface area (Å²) in [6.07, 6.45) is 0.751. The molecule has 0 unspecified atom stereocenters. The van der Waals surface area contributed by atoms with E-state index in [4.69, 9.17) is 0 Å². The summed E-state index contributed by atoms with van der Waals surface area (Å²) < 4.78 is 35.1. The van der Waals surface area contributed by atoms with Crippen molar-refractivity contribution in [2.75, 3.05) is 0 Å². The van der Waals surface area contributed by atoms with E-state index in [1.54, 1.807) is 0 Å². The highest BCUT2D eigenvalue weighted by molar-refractivity contribution is 7.72. The maximum Gasteiger partial charge on any atom is 0.252 e. The molecule has 0 rings (SSSR count). The molecule has 9 heavy (non-hydrogen) atoms. The first kappa shape index (κ1) is 8.16. The molecule has 0 fully saturated rings. The molecule has 0 aliphatic rings. The Balaban J connectivity index is 4.10. The lowest BCUT2D eigenvalue weighted by molar-refractivity contribution is 0.462. The van der Waals surface area contributed by atoms with Gasteiger partial charge >= 0.3 is 0 Å². The standard InChI is InChI=1S/C4H5FO3S/c1-4(9(6)7)8-3-2-5/h2-3H,1H3. The highest BCUT2D eigenvalue weighted by Gasteiger charge is 1.86. The largest absolute Gasteiger partial charge is 0.451 e. The van der Waals surface area contributed by atoms with Crippen LogP contribution in [0.1, 0.15) is 6.92 Å². The highest BCUT2D eigenvalue weighted by Crippen LogP contribution is 1.79. The molecule has 0 aromatic heterocycles. The van der Waals surface area contributed by atoms with E-state index in [1.165, 1.54) is 6.92 Å². The van der Waals surface area contributed by atoms with Crippen LogP contribution in [0.25, 0.3) is 0 Å². The third kappa shape index (κ3) is 3.72. The Morgan fingerprint density at radius 3 is 2.56 bits per heavy atom. The van der Waals surface area contributed by atoms with Gasteiger partial charge in [-0.05, 0) is 0 Å². The van der Waals surface area contributed by atoms with Gasteiger partial charge in [-0.2, -0.15) is 8.42 Å². The third-order valence-corrected chi connectivity index (χ3v) is 1.09. The van der Waals surface area contributed by atoms with Gasteiger partial charge in [-0.15, -0.1) is 0 Å². The van der Waals surface area contributed by atoms with Crippen molar-refractivity contribution >= 4 is 15.3 Å². The molecule has 0 N–H and O–H groups in total. The quantitative estimate of drug-likeness (QED) is 0.405. The molecule has 0 bridgehead atoms. The van der Waals surface area contributed by atoms with Gasteiger partial charge in [0.1, 0.15) is 12.6 Å². The first-order valence-electron chi connectivity index (χ1n) is 2.03. The van der Waals surface area contributed by atoms with E-state index in [0.717, 1.165) is 0 Å². The third-order valence-electron chi connectivity index (χ3n) is 0.520. The van der Waals surface area contributed by atoms with E-state index in [-0.39, 0.29) is 11.4 Å². The maximum atomic E-state index is 11.1. The van der Waals surface area contributed by atoms with Crippen molar-refractivity contribution in [3.63, 3.8) is 0 Å². The first-order valence-corrected chi connectivity index (χ1v) is 3.10. The predicted octanol–water partition coefficient (Wildman–Crippen LogP) is 0.473. The summed E-state index contributed by atoms with van der Waals surface area (Å²) in [6, 6.07) is 0. The average Bonchev–Trinajstić information content (AvgIpc) is 1.82. The van der Waals surface area contributed by atoms with E-state index in [1.807, 2.05) is 0 Å². The van der Waals surface area contributed by atoms with Gasteiger partial charge in [0.05, 0.1) is 0 Å². The topological polar surface area (TPSA) is 43.4 Å². The van der Waals surface area contributed by atoms with Gasteiger partial charge in [-0.25, -0.2) is 4.39 Å². The van der Waals surface area contributed by atoms with Gasteiger partial charge < -0.3 is 4.74 Å². The lowest BCUT2D eigenvalue weighted by Gasteiger charge is -1.87. The SMILES string of the molecule is CC(OC=CF)=S(=O)=O. The number of ether oxygens (including phenoxy) is 1. The summed E-state index contributed by atoms with van der Waals surface area (Å²) in [6.45, 7) is 1.21. The van der Waals surface area contributed by atoms with Gasteiger partial charge in [0.15, 0.2) is 0 Å². The fourth-order valence-corrected chi connectivity index (χ4v) is 0.295. The molecule has 0 amide bonds. The minimum atomic E-state index is -2.39. The second kappa shape index (κ2) is 4.08. The van der Waals surface area contributed by atoms with E-state index in [9.17, 15) is 12.8 Å². The molecule has 0 aliphatic carbocycles. The van der Waals surface area contributed by atoms with Gasteiger partial charge in [-0.1, -0.05) is 0 Å². The van der Waals surface area contributed by atoms with Crippen molar-refractivity contribution in [1.82, 2.24) is 0 Å². The van der Waals surface area contributed by atoms with Crippen molar-refractivity contribution < 1.29 is 17.5 Å². The van der Waals surface area contributed by atoms with E-state index < -0.39 is 10.3 Å². The van der Waals surface area contributed by atoms with Crippen LogP contribution in [0.2, 0.25) is 0 Å². The van der Waals surface area contributed by atoms with Crippen molar-refractivity contribution in [3.05, 3.63) is 12.6 Å². The van der Waals surface area contributed by atoms with Crippen LogP contribution in [-0.4, -0.2) is 13.5 Å². The molecular weight excluding hydrogens is 147 g/mol. The second-order valence-electron chi connectivity index (χ2n) is 1.11. The number of halogens is 1. The Bertz CT molecular complexity index is 218. The van der Waals surface area contributed by atoms with Crippen molar-refractivity contribution in [2.45, 2.75) is 6.92 Å². The summed E-state index contributed by atoms with van der Waals surface area (Å²) in [5.41, 5.74) is 0. The van der Waals surface area contributed by atoms with Crippen LogP contribution in [0.4, 0.5) is 4.39 Å². The Hall–Kier alpha value is -0.840. The molecule has 0 saturated heterocycles. The molecule has 5 heteroatoms. The highest BCUT2D eigenvalue weighted by atomic mass is 32.2. The lowest BCUT2D eigenvalue weighted by Crippen LogP contribution is -1.92. The zero-order valence-electron chi connectivity index (χ0n) is 4.67. The van der Waals surface area contributed by atoms with Crippen LogP contribution in [0.5, 0.6) is 0 Å². The van der Waals surface area contributed by atoms with Gasteiger partial charge in [-0.3, -0.25) is 0 Å². The Labute approximate surface area is 53.3 Å². The average molecular weight is 152 g/mol. The zero-order valence-corrected chi connectivity index (χ0v) is 5.48. The minimum Gasteiger partial charge on any atom is -0.451 e. The summed E-state index contributed by atoms with van der Waals surface area (Å²) in [5, 5.41) is -0.260. The smallest absolute Gasteiger partial charge is 0.252 e. The Kier molecular flexibility index (Phi) is 3.70. The maximum absolute atomic E-state index is 11.1. The molecule has 0 aromatic carbocycles. The van der Waals surface area contributed by atoms with Crippen LogP contribution in [0, 0.1) is 0 Å². The molecule has 0 radical (unpaired) electrons. The van der Waals surface area contributed by atoms with Crippen molar-refractivity contribution in [2.24, 2.45) is 0 Å². The molecule has 52 valence electrons. The first-order chi connectivity index (χ1) is 4.18. The minimum absolute atomic E-state index is 0.108. The van der Waals surface area contributed by atoms with Crippen LogP contribution >= 0.6 is 0 Å². The van der Waals surface area contributed by atoms with Gasteiger partial charge in [0, 0.05) is 6.92 Å². The van der Waals surface area contributed by atoms with E-state index in [0.29, 0.717) is 6.26 Å². The summed E-state index contributed by atoms with van der Waals surface area (Å²) >= 11 is 0. The van der Waals surface area contributed by atoms with Crippen LogP contribution in [0.3, 0.4) is 0 Å². The number of hydrogen-bond donors (Lipinski definition) is 0. The summed E-state index contributed by atoms with van der Waals surface area (Å²) in [7, 11) is -2.39. The molecule has 0 spiro atoms. The molecule has 3 nitrogen and oxygen atoms in total. The van der Waals surface area contributed by atoms with Gasteiger partial charge in [0.2, 0.25) is 5.05 Å². The number of rotatable bonds is 1. The normalized spacial score (nSPS) is 9.56. The summed E-state index contributed by atoms with van der Waals surface area (Å²) in [4.78, 5) is 0. The second-order valence-corrected chi connectivity index (χ2v) is 2.15. The monoisotopic (exact) mass is 152 g/mol. The van der Waals surface area contributed by atoms with Crippen molar-refractivity contribution in [3.8, 4) is 0 Å². The fourth-order valence-electron chi connectivity index (χ4n) is 0.161. The van der Waals surface area contributed by atoms with E-state index >= 15 is 0 Å². The molecule has 0 heterocycles. The summed E-state index contributed by atoms with van der Waals surface area (Å²) in [5.74, 6) is 0. The van der Waals surface area contributed by atoms with Crippen LogP contribution in [0.15, 0.2) is 12.6 Å². The Morgan fingerprint density at radius 1 is 1.67 bits per heavy atom. The van der Waals surface area contributed by atoms with E-state index in [2.05, 4.69) is 4.74 Å². The number of hydrogen-bond acceptors (Lipinski definition) is 3. The zero-order chi connectivity index (χ0) is 7.28.